The minimum Gasteiger partial charge on any atom is -0.369 e. The number of hydrogen-bond acceptors (Lipinski definition) is 8. The lowest BCUT2D eigenvalue weighted by Gasteiger charge is -2.00. The number of aromatic nitrogens is 7. The van der Waals surface area contributed by atoms with E-state index in [-0.39, 0.29) is 23.6 Å². The molecule has 0 bridgehead atoms. The van der Waals surface area contributed by atoms with E-state index in [4.69, 9.17) is 17.2 Å². The summed E-state index contributed by atoms with van der Waals surface area (Å²) in [5, 5.41) is 14.8. The van der Waals surface area contributed by atoms with Gasteiger partial charge in [-0.05, 0) is 0 Å². The van der Waals surface area contributed by atoms with Crippen LogP contribution >= 0.6 is 0 Å². The Morgan fingerprint density at radius 3 is 2.20 bits per heavy atom. The van der Waals surface area contributed by atoms with Crippen molar-refractivity contribution >= 4 is 29.4 Å². The van der Waals surface area contributed by atoms with Crippen molar-refractivity contribution in [2.75, 3.05) is 17.2 Å². The van der Waals surface area contributed by atoms with Gasteiger partial charge in [-0.3, -0.25) is 0 Å². The summed E-state index contributed by atoms with van der Waals surface area (Å²) in [6, 6.07) is 0. The number of fused-ring (bicyclic) bond motifs is 3. The first kappa shape index (κ1) is 7.73. The van der Waals surface area contributed by atoms with Crippen LogP contribution in [-0.4, -0.2) is 34.2 Å². The summed E-state index contributed by atoms with van der Waals surface area (Å²) in [6.07, 6.45) is 0. The first-order valence-corrected chi connectivity index (χ1v) is 3.95. The van der Waals surface area contributed by atoms with Crippen LogP contribution in [0.25, 0.3) is 11.6 Å². The fraction of sp³-hybridized carbons (Fsp3) is 0. The van der Waals surface area contributed by atoms with Crippen LogP contribution in [0.4, 0.5) is 17.8 Å². The van der Waals surface area contributed by atoms with Gasteiger partial charge in [0.05, 0.1) is 0 Å². The summed E-state index contributed by atoms with van der Waals surface area (Å²) in [5.74, 6) is 0.995. The van der Waals surface area contributed by atoms with Crippen LogP contribution in [0.1, 0.15) is 0 Å². The van der Waals surface area contributed by atoms with Crippen molar-refractivity contribution in [3.8, 4) is 0 Å². The highest BCUT2D eigenvalue weighted by molar-refractivity contribution is 5.54. The van der Waals surface area contributed by atoms with Crippen LogP contribution < -0.4 is 17.2 Å². The van der Waals surface area contributed by atoms with E-state index in [0.717, 1.165) is 0 Å². The average molecular weight is 206 g/mol. The Kier molecular flexibility index (Phi) is 1.15. The van der Waals surface area contributed by atoms with Crippen LogP contribution in [0.15, 0.2) is 0 Å². The molecule has 0 spiro atoms. The van der Waals surface area contributed by atoms with Crippen molar-refractivity contribution in [3.63, 3.8) is 0 Å². The van der Waals surface area contributed by atoms with Gasteiger partial charge in [0.1, 0.15) is 0 Å². The van der Waals surface area contributed by atoms with Crippen LogP contribution in [0.3, 0.4) is 0 Å². The van der Waals surface area contributed by atoms with Gasteiger partial charge in [-0.25, -0.2) is 8.80 Å². The molecule has 3 rings (SSSR count). The molecule has 3 aromatic heterocycles. The Hall–Kier alpha value is -2.65. The smallest absolute Gasteiger partial charge is 0.262 e. The molecule has 3 aromatic rings. The lowest BCUT2D eigenvalue weighted by molar-refractivity contribution is 1.01. The zero-order valence-electron chi connectivity index (χ0n) is 7.36. The molecule has 0 aromatic carbocycles. The van der Waals surface area contributed by atoms with Gasteiger partial charge >= 0.3 is 0 Å². The summed E-state index contributed by atoms with van der Waals surface area (Å²) >= 11 is 0. The predicted molar refractivity (Wildman–Crippen MR) is 50.6 cm³/mol. The molecule has 15 heavy (non-hydrogen) atoms. The molecule has 3 heterocycles. The summed E-state index contributed by atoms with van der Waals surface area (Å²) < 4.78 is 2.76. The van der Waals surface area contributed by atoms with Crippen molar-refractivity contribution in [2.45, 2.75) is 0 Å². The summed E-state index contributed by atoms with van der Waals surface area (Å²) in [4.78, 5) is 3.95. The largest absolute Gasteiger partial charge is 0.369 e. The minimum atomic E-state index is 0.130. The molecule has 0 amide bonds. The molecule has 0 saturated heterocycles. The Balaban J connectivity index is 2.68. The maximum Gasteiger partial charge on any atom is 0.262 e. The number of rotatable bonds is 0. The second-order valence-electron chi connectivity index (χ2n) is 2.86. The normalized spacial score (nSPS) is 11.5. The lowest BCUT2D eigenvalue weighted by Crippen LogP contribution is -2.08. The van der Waals surface area contributed by atoms with Gasteiger partial charge < -0.3 is 17.2 Å². The molecule has 10 nitrogen and oxygen atoms in total. The topological polar surface area (TPSA) is 151 Å². The van der Waals surface area contributed by atoms with E-state index in [1.165, 1.54) is 8.80 Å². The molecule has 6 N–H and O–H groups in total. The standard InChI is InChI=1S/C5H6N10/c6-1-9-4-12-10-3(8)15(4)5-13-11-2(7)14(1)5/h(H2,7,11)(H2,8,10)(H2,6,9,12). The van der Waals surface area contributed by atoms with Gasteiger partial charge in [-0.2, -0.15) is 4.98 Å². The molecule has 76 valence electrons. The monoisotopic (exact) mass is 206 g/mol. The van der Waals surface area contributed by atoms with Crippen molar-refractivity contribution < 1.29 is 0 Å². The van der Waals surface area contributed by atoms with Gasteiger partial charge in [0.25, 0.3) is 5.78 Å². The summed E-state index contributed by atoms with van der Waals surface area (Å²) in [5.41, 5.74) is 16.8. The first-order chi connectivity index (χ1) is 7.18. The molecule has 0 aliphatic rings. The molecule has 0 atom stereocenters. The van der Waals surface area contributed by atoms with Gasteiger partial charge in [0, 0.05) is 0 Å². The van der Waals surface area contributed by atoms with Crippen LogP contribution in [0.2, 0.25) is 0 Å². The van der Waals surface area contributed by atoms with Crippen LogP contribution in [-0.2, 0) is 0 Å². The molecule has 0 saturated carbocycles. The highest BCUT2D eigenvalue weighted by atomic mass is 15.4. The Bertz CT molecular complexity index is 661. The molecule has 0 fully saturated rings. The highest BCUT2D eigenvalue weighted by Gasteiger charge is 2.14. The fourth-order valence-electron chi connectivity index (χ4n) is 1.36. The molecule has 0 radical (unpaired) electrons. The van der Waals surface area contributed by atoms with Crippen LogP contribution in [0.5, 0.6) is 0 Å². The summed E-state index contributed by atoms with van der Waals surface area (Å²) in [7, 11) is 0. The Morgan fingerprint density at radius 2 is 1.40 bits per heavy atom. The molecule has 0 aliphatic heterocycles. The average Bonchev–Trinajstić information content (AvgIpc) is 2.72. The maximum absolute atomic E-state index is 5.65. The van der Waals surface area contributed by atoms with Crippen molar-refractivity contribution in [3.05, 3.63) is 0 Å². The zero-order chi connectivity index (χ0) is 10.6. The van der Waals surface area contributed by atoms with E-state index in [1.807, 2.05) is 0 Å². The second kappa shape index (κ2) is 2.23. The Labute approximate surface area is 81.7 Å². The fourth-order valence-corrected chi connectivity index (χ4v) is 1.36. The Morgan fingerprint density at radius 1 is 0.733 bits per heavy atom. The molecular formula is C5H6N10. The van der Waals surface area contributed by atoms with Gasteiger partial charge in [-0.1, -0.05) is 0 Å². The van der Waals surface area contributed by atoms with E-state index in [1.54, 1.807) is 0 Å². The van der Waals surface area contributed by atoms with Crippen molar-refractivity contribution in [1.82, 2.24) is 34.2 Å². The lowest BCUT2D eigenvalue weighted by atomic mass is 10.8. The minimum absolute atomic E-state index is 0.130. The molecule has 0 unspecified atom stereocenters. The number of nitrogen functional groups attached to an aromatic ring is 3. The predicted octanol–water partition coefficient (Wildman–Crippen LogP) is -2.09. The van der Waals surface area contributed by atoms with E-state index in [0.29, 0.717) is 5.78 Å². The van der Waals surface area contributed by atoms with E-state index in [2.05, 4.69) is 25.4 Å². The number of anilines is 3. The zero-order valence-corrected chi connectivity index (χ0v) is 7.36. The van der Waals surface area contributed by atoms with E-state index >= 15 is 0 Å². The van der Waals surface area contributed by atoms with Crippen LogP contribution in [0, 0.1) is 0 Å². The number of nitrogens with zero attached hydrogens (tertiary/aromatic N) is 7. The number of nitrogens with two attached hydrogens (primary N) is 3. The molecular weight excluding hydrogens is 200 g/mol. The maximum atomic E-state index is 5.65. The SMILES string of the molecule is Nc1nnc2n1c(N)nc1nnc(N)n12. The highest BCUT2D eigenvalue weighted by Crippen LogP contribution is 2.13. The second-order valence-corrected chi connectivity index (χ2v) is 2.86. The first-order valence-electron chi connectivity index (χ1n) is 3.95. The molecule has 10 heteroatoms. The third-order valence-corrected chi connectivity index (χ3v) is 1.99. The van der Waals surface area contributed by atoms with Crippen molar-refractivity contribution in [1.29, 1.82) is 0 Å². The number of hydrogen-bond donors (Lipinski definition) is 3. The third-order valence-electron chi connectivity index (χ3n) is 1.99. The van der Waals surface area contributed by atoms with Crippen molar-refractivity contribution in [2.24, 2.45) is 0 Å². The van der Waals surface area contributed by atoms with Gasteiger partial charge in [0.15, 0.2) is 0 Å². The molecule has 0 aliphatic carbocycles. The quantitative estimate of drug-likeness (QED) is 0.378. The third kappa shape index (κ3) is 0.794. The van der Waals surface area contributed by atoms with E-state index < -0.39 is 0 Å². The summed E-state index contributed by atoms with van der Waals surface area (Å²) in [6.45, 7) is 0. The van der Waals surface area contributed by atoms with Gasteiger partial charge in [-0.15, -0.1) is 20.4 Å². The van der Waals surface area contributed by atoms with Gasteiger partial charge in [0.2, 0.25) is 23.6 Å². The van der Waals surface area contributed by atoms with E-state index in [9.17, 15) is 0 Å².